The first-order chi connectivity index (χ1) is 13.6. The van der Waals surface area contributed by atoms with Gasteiger partial charge in [-0.2, -0.15) is 5.12 Å². The summed E-state index contributed by atoms with van der Waals surface area (Å²) in [5.74, 6) is -1.97. The van der Waals surface area contributed by atoms with Crippen LogP contribution >= 0.6 is 15.9 Å². The lowest BCUT2D eigenvalue weighted by Crippen LogP contribution is -2.24. The Morgan fingerprint density at radius 1 is 1.14 bits per heavy atom. The van der Waals surface area contributed by atoms with E-state index >= 15 is 0 Å². The molecule has 2 aromatic rings. The lowest BCUT2D eigenvalue weighted by atomic mass is 10.1. The van der Waals surface area contributed by atoms with Crippen LogP contribution in [0.5, 0.6) is 5.75 Å². The van der Waals surface area contributed by atoms with Crippen LogP contribution < -0.4 is 4.74 Å². The van der Waals surface area contributed by atoms with Crippen molar-refractivity contribution in [3.63, 3.8) is 0 Å². The first kappa shape index (κ1) is 22.8. The molecule has 2 aromatic carbocycles. The molecule has 0 aliphatic heterocycles. The lowest BCUT2D eigenvalue weighted by Gasteiger charge is -2.16. The van der Waals surface area contributed by atoms with Gasteiger partial charge in [0, 0.05) is 10.7 Å². The van der Waals surface area contributed by atoms with Gasteiger partial charge in [-0.25, -0.2) is 13.2 Å². The molecule has 156 valence electrons. The quantitative estimate of drug-likeness (QED) is 0.419. The first-order valence-electron chi connectivity index (χ1n) is 8.46. The van der Waals surface area contributed by atoms with Gasteiger partial charge in [0.25, 0.3) is 5.91 Å². The number of benzene rings is 2. The number of hydrogen-bond acceptors (Lipinski definition) is 6. The molecule has 0 saturated carbocycles. The zero-order chi connectivity index (χ0) is 21.6. The van der Waals surface area contributed by atoms with Gasteiger partial charge in [-0.1, -0.05) is 32.5 Å². The highest BCUT2D eigenvalue weighted by Crippen LogP contribution is 2.26. The molecule has 0 spiro atoms. The molecule has 2 rings (SSSR count). The molecule has 29 heavy (non-hydrogen) atoms. The summed E-state index contributed by atoms with van der Waals surface area (Å²) >= 11 is 3.27. The lowest BCUT2D eigenvalue weighted by molar-refractivity contribution is -0.145. The number of hydrogen-bond donors (Lipinski definition) is 0. The van der Waals surface area contributed by atoms with E-state index in [1.54, 1.807) is 31.2 Å². The predicted octanol–water partition coefficient (Wildman–Crippen LogP) is 3.32. The standard InChI is InChI=1S/C19H19BrFNO6S/c1-3-27-18(23)12-28-17-10-15(29(2,25)26)8-9-16(17)19(24)22(21)11-13-4-6-14(20)7-5-13/h4-10H,3,11-12H2,1-2H3. The van der Waals surface area contributed by atoms with Crippen LogP contribution in [0.2, 0.25) is 0 Å². The predicted molar refractivity (Wildman–Crippen MR) is 107 cm³/mol. The Kier molecular flexibility index (Phi) is 7.74. The van der Waals surface area contributed by atoms with Crippen molar-refractivity contribution in [3.05, 3.63) is 58.1 Å². The summed E-state index contributed by atoms with van der Waals surface area (Å²) in [4.78, 5) is 24.0. The molecule has 0 bridgehead atoms. The number of amides is 1. The van der Waals surface area contributed by atoms with Crippen LogP contribution in [-0.2, 0) is 25.9 Å². The number of esters is 1. The summed E-state index contributed by atoms with van der Waals surface area (Å²) in [6, 6.07) is 10.1. The molecule has 7 nitrogen and oxygen atoms in total. The van der Waals surface area contributed by atoms with Gasteiger partial charge in [-0.15, -0.1) is 0 Å². The Hall–Kier alpha value is -2.46. The molecule has 0 aliphatic rings. The highest BCUT2D eigenvalue weighted by Gasteiger charge is 2.23. The number of carbonyl (C=O) groups excluding carboxylic acids is 2. The maximum Gasteiger partial charge on any atom is 0.344 e. The molecule has 0 aliphatic carbocycles. The van der Waals surface area contributed by atoms with Gasteiger partial charge >= 0.3 is 5.97 Å². The van der Waals surface area contributed by atoms with E-state index in [9.17, 15) is 22.5 Å². The van der Waals surface area contributed by atoms with E-state index in [2.05, 4.69) is 15.9 Å². The third-order valence-corrected chi connectivity index (χ3v) is 5.36. The third kappa shape index (κ3) is 6.53. The van der Waals surface area contributed by atoms with Crippen molar-refractivity contribution in [1.82, 2.24) is 5.12 Å². The van der Waals surface area contributed by atoms with Gasteiger partial charge in [-0.3, -0.25) is 4.79 Å². The summed E-state index contributed by atoms with van der Waals surface area (Å²) in [6.07, 6.45) is 0.980. The SMILES string of the molecule is CCOC(=O)COc1cc(S(C)(=O)=O)ccc1C(=O)N(F)Cc1ccc(Br)cc1. The molecule has 0 heterocycles. The molecule has 0 saturated heterocycles. The number of carbonyl (C=O) groups is 2. The minimum absolute atomic E-state index is 0.0179. The minimum Gasteiger partial charge on any atom is -0.481 e. The highest BCUT2D eigenvalue weighted by molar-refractivity contribution is 9.10. The van der Waals surface area contributed by atoms with Crippen molar-refractivity contribution in [1.29, 1.82) is 0 Å². The van der Waals surface area contributed by atoms with Gasteiger partial charge in [0.1, 0.15) is 5.75 Å². The van der Waals surface area contributed by atoms with Crippen molar-refractivity contribution in [2.75, 3.05) is 19.5 Å². The second-order valence-corrected chi connectivity index (χ2v) is 8.91. The largest absolute Gasteiger partial charge is 0.481 e. The average Bonchev–Trinajstić information content (AvgIpc) is 2.67. The maximum absolute atomic E-state index is 14.5. The fraction of sp³-hybridized carbons (Fsp3) is 0.263. The van der Waals surface area contributed by atoms with Crippen LogP contribution in [0.15, 0.2) is 51.8 Å². The van der Waals surface area contributed by atoms with Crippen LogP contribution in [0.25, 0.3) is 0 Å². The molecular formula is C19H19BrFNO6S. The van der Waals surface area contributed by atoms with Crippen molar-refractivity contribution >= 4 is 37.6 Å². The first-order valence-corrected chi connectivity index (χ1v) is 11.1. The number of ether oxygens (including phenoxy) is 2. The summed E-state index contributed by atoms with van der Waals surface area (Å²) in [6.45, 7) is 0.862. The molecule has 0 unspecified atom stereocenters. The van der Waals surface area contributed by atoms with Gasteiger partial charge in [0.15, 0.2) is 16.4 Å². The van der Waals surface area contributed by atoms with E-state index in [1.807, 2.05) is 0 Å². The highest BCUT2D eigenvalue weighted by atomic mass is 79.9. The average molecular weight is 488 g/mol. The molecular weight excluding hydrogens is 469 g/mol. The number of sulfone groups is 1. The Bertz CT molecular complexity index is 994. The zero-order valence-corrected chi connectivity index (χ0v) is 18.1. The molecule has 0 N–H and O–H groups in total. The molecule has 10 heteroatoms. The molecule has 1 amide bonds. The monoisotopic (exact) mass is 487 g/mol. The molecule has 0 aromatic heterocycles. The van der Waals surface area contributed by atoms with E-state index in [0.717, 1.165) is 22.9 Å². The van der Waals surface area contributed by atoms with Crippen LogP contribution in [0.1, 0.15) is 22.8 Å². The Morgan fingerprint density at radius 2 is 1.79 bits per heavy atom. The van der Waals surface area contributed by atoms with Gasteiger partial charge in [0.05, 0.1) is 23.6 Å². The summed E-state index contributed by atoms with van der Waals surface area (Å²) in [5.41, 5.74) is 0.326. The summed E-state index contributed by atoms with van der Waals surface area (Å²) in [7, 11) is -3.61. The number of halogens is 2. The van der Waals surface area contributed by atoms with E-state index in [-0.39, 0.29) is 34.5 Å². The third-order valence-electron chi connectivity index (χ3n) is 3.72. The van der Waals surface area contributed by atoms with Gasteiger partial charge in [0.2, 0.25) is 0 Å². The van der Waals surface area contributed by atoms with Crippen LogP contribution in [0, 0.1) is 0 Å². The van der Waals surface area contributed by atoms with Gasteiger partial charge in [-0.05, 0) is 42.8 Å². The molecule has 0 radical (unpaired) electrons. The van der Waals surface area contributed by atoms with Crippen LogP contribution in [-0.4, -0.2) is 44.9 Å². The number of rotatable bonds is 8. The fourth-order valence-electron chi connectivity index (χ4n) is 2.32. The van der Waals surface area contributed by atoms with Crippen molar-refractivity contribution < 1.29 is 32.0 Å². The minimum atomic E-state index is -3.61. The second-order valence-electron chi connectivity index (χ2n) is 5.98. The topological polar surface area (TPSA) is 90.0 Å². The fourth-order valence-corrected chi connectivity index (χ4v) is 3.22. The Morgan fingerprint density at radius 3 is 2.38 bits per heavy atom. The molecule has 0 atom stereocenters. The van der Waals surface area contributed by atoms with E-state index in [0.29, 0.717) is 5.56 Å². The second kappa shape index (κ2) is 9.84. The van der Waals surface area contributed by atoms with Crippen molar-refractivity contribution in [2.45, 2.75) is 18.4 Å². The van der Waals surface area contributed by atoms with Crippen LogP contribution in [0.3, 0.4) is 0 Å². The van der Waals surface area contributed by atoms with E-state index in [1.165, 1.54) is 6.07 Å². The van der Waals surface area contributed by atoms with Crippen molar-refractivity contribution in [2.24, 2.45) is 0 Å². The number of nitrogens with zero attached hydrogens (tertiary/aromatic N) is 1. The van der Waals surface area contributed by atoms with Gasteiger partial charge < -0.3 is 9.47 Å². The van der Waals surface area contributed by atoms with Crippen molar-refractivity contribution in [3.8, 4) is 5.75 Å². The molecule has 0 fully saturated rings. The van der Waals surface area contributed by atoms with Crippen LogP contribution in [0.4, 0.5) is 4.48 Å². The Labute approximate surface area is 176 Å². The normalized spacial score (nSPS) is 11.0. The zero-order valence-electron chi connectivity index (χ0n) is 15.7. The van der Waals surface area contributed by atoms with E-state index < -0.39 is 28.3 Å². The summed E-state index contributed by atoms with van der Waals surface area (Å²) in [5, 5.41) is -0.0179. The smallest absolute Gasteiger partial charge is 0.344 e. The maximum atomic E-state index is 14.5. The summed E-state index contributed by atoms with van der Waals surface area (Å²) < 4.78 is 48.9. The Balaban J connectivity index is 2.29. The van der Waals surface area contributed by atoms with E-state index in [4.69, 9.17) is 9.47 Å².